The first kappa shape index (κ1) is 41.5. The van der Waals surface area contributed by atoms with E-state index in [9.17, 15) is 9.90 Å². The van der Waals surface area contributed by atoms with E-state index in [4.69, 9.17) is 49.0 Å². The van der Waals surface area contributed by atoms with Gasteiger partial charge in [-0.2, -0.15) is 0 Å². The van der Waals surface area contributed by atoms with Crippen molar-refractivity contribution in [3.05, 3.63) is 99.5 Å². The molecule has 1 saturated heterocycles. The summed E-state index contributed by atoms with van der Waals surface area (Å²) in [6.45, 7) is 5.10. The molecule has 1 saturated carbocycles. The molecule has 0 radical (unpaired) electrons. The summed E-state index contributed by atoms with van der Waals surface area (Å²) in [6, 6.07) is 22.4. The van der Waals surface area contributed by atoms with Gasteiger partial charge in [-0.15, -0.1) is 12.4 Å². The minimum atomic E-state index is -1.87. The summed E-state index contributed by atoms with van der Waals surface area (Å²) in [6.07, 6.45) is 2.05. The van der Waals surface area contributed by atoms with Crippen molar-refractivity contribution in [3.63, 3.8) is 0 Å². The molecule has 6 rings (SSSR count). The Bertz CT molecular complexity index is 1770. The van der Waals surface area contributed by atoms with E-state index in [2.05, 4.69) is 21.2 Å². The summed E-state index contributed by atoms with van der Waals surface area (Å²) in [5.74, 6) is 1.30. The van der Waals surface area contributed by atoms with E-state index in [-0.39, 0.29) is 37.0 Å². The van der Waals surface area contributed by atoms with Crippen molar-refractivity contribution in [2.24, 2.45) is 0 Å². The molecule has 2 aliphatic heterocycles. The van der Waals surface area contributed by atoms with Gasteiger partial charge in [-0.25, -0.2) is 4.79 Å². The normalized spacial score (nSPS) is 18.6. The number of hydrogen-bond donors (Lipinski definition) is 2. The summed E-state index contributed by atoms with van der Waals surface area (Å²) in [4.78, 5) is 32.6. The van der Waals surface area contributed by atoms with Gasteiger partial charge >= 0.3 is 6.09 Å². The quantitative estimate of drug-likeness (QED) is 0.132. The monoisotopic (exact) mass is 869 g/mol. The van der Waals surface area contributed by atoms with Crippen LogP contribution >= 0.6 is 63.1 Å². The molecule has 53 heavy (non-hydrogen) atoms. The number of aliphatic hydroxyl groups excluding tert-OH is 1. The van der Waals surface area contributed by atoms with E-state index in [0.717, 1.165) is 45.3 Å². The van der Waals surface area contributed by atoms with Gasteiger partial charge < -0.3 is 29.5 Å². The number of benzene rings is 3. The van der Waals surface area contributed by atoms with Crippen LogP contribution in [-0.4, -0.2) is 87.3 Å². The predicted molar refractivity (Wildman–Crippen MR) is 214 cm³/mol. The number of carbonyl (C=O) groups excluding carboxylic acids is 2. The molecule has 3 aromatic carbocycles. The molecular formula is C39H44BrCl4N3O6. The smallest absolute Gasteiger partial charge is 0.411 e. The van der Waals surface area contributed by atoms with E-state index in [0.29, 0.717) is 57.0 Å². The van der Waals surface area contributed by atoms with Crippen LogP contribution in [0.15, 0.2) is 82.8 Å². The van der Waals surface area contributed by atoms with Gasteiger partial charge in [-0.05, 0) is 98.2 Å². The lowest BCUT2D eigenvalue weighted by Crippen LogP contribution is -2.64. The third-order valence-corrected chi connectivity index (χ3v) is 11.6. The average molecular weight is 873 g/mol. The van der Waals surface area contributed by atoms with E-state index in [1.165, 1.54) is 0 Å². The van der Waals surface area contributed by atoms with Gasteiger partial charge in [0, 0.05) is 42.3 Å². The largest absolute Gasteiger partial charge is 0.490 e. The van der Waals surface area contributed by atoms with Crippen molar-refractivity contribution in [2.75, 3.05) is 32.9 Å². The zero-order valence-electron chi connectivity index (χ0n) is 29.5. The number of aliphatic hydroxyl groups is 1. The maximum Gasteiger partial charge on any atom is 0.411 e. The third-order valence-electron chi connectivity index (χ3n) is 9.74. The van der Waals surface area contributed by atoms with E-state index in [1.807, 2.05) is 77.7 Å². The molecule has 3 aliphatic rings. The number of alkyl halides is 3. The molecule has 3 aromatic rings. The van der Waals surface area contributed by atoms with Gasteiger partial charge in [0.25, 0.3) is 5.91 Å². The molecule has 9 nitrogen and oxygen atoms in total. The second kappa shape index (κ2) is 17.8. The zero-order chi connectivity index (χ0) is 37.0. The number of ether oxygens (including phenoxy) is 3. The highest BCUT2D eigenvalue weighted by molar-refractivity contribution is 9.10. The molecule has 2 N–H and O–H groups in total. The lowest BCUT2D eigenvalue weighted by atomic mass is 9.82. The minimum absolute atomic E-state index is 0. The maximum absolute atomic E-state index is 15.0. The van der Waals surface area contributed by atoms with Gasteiger partial charge in [-0.3, -0.25) is 9.69 Å². The van der Waals surface area contributed by atoms with Gasteiger partial charge in [-0.1, -0.05) is 87.1 Å². The predicted octanol–water partition coefficient (Wildman–Crippen LogP) is 8.14. The summed E-state index contributed by atoms with van der Waals surface area (Å²) < 4.78 is 16.8. The van der Waals surface area contributed by atoms with Crippen LogP contribution in [-0.2, 0) is 22.5 Å². The highest BCUT2D eigenvalue weighted by atomic mass is 79.9. The van der Waals surface area contributed by atoms with Gasteiger partial charge in [0.15, 0.2) is 5.60 Å². The van der Waals surface area contributed by atoms with Crippen LogP contribution in [0.5, 0.6) is 11.5 Å². The van der Waals surface area contributed by atoms with Crippen molar-refractivity contribution in [2.45, 2.75) is 73.6 Å². The Balaban J connectivity index is 0.00000541. The third kappa shape index (κ3) is 9.95. The number of halogens is 5. The Morgan fingerprint density at radius 2 is 1.53 bits per heavy atom. The fourth-order valence-corrected chi connectivity index (χ4v) is 7.10. The van der Waals surface area contributed by atoms with Crippen LogP contribution in [0.25, 0.3) is 5.57 Å². The Kier molecular flexibility index (Phi) is 14.0. The highest BCUT2D eigenvalue weighted by Gasteiger charge is 2.50. The first-order valence-corrected chi connectivity index (χ1v) is 19.4. The number of carbonyl (C=O) groups is 2. The molecule has 1 aliphatic carbocycles. The van der Waals surface area contributed by atoms with Crippen LogP contribution < -0.4 is 14.8 Å². The lowest BCUT2D eigenvalue weighted by molar-refractivity contribution is -0.129. The number of rotatable bonds is 13. The molecular weight excluding hydrogens is 828 g/mol. The molecule has 0 aromatic heterocycles. The summed E-state index contributed by atoms with van der Waals surface area (Å²) >= 11 is 22.1. The number of hydrogen-bond acceptors (Lipinski definition) is 7. The molecule has 286 valence electrons. The van der Waals surface area contributed by atoms with Crippen LogP contribution in [0.1, 0.15) is 49.8 Å². The highest BCUT2D eigenvalue weighted by Crippen LogP contribution is 2.44. The topological polar surface area (TPSA) is 101 Å². The first-order valence-electron chi connectivity index (χ1n) is 17.5. The van der Waals surface area contributed by atoms with Crippen LogP contribution in [0.4, 0.5) is 4.79 Å². The molecule has 2 fully saturated rings. The lowest BCUT2D eigenvalue weighted by Gasteiger charge is -2.48. The zero-order valence-corrected chi connectivity index (χ0v) is 34.2. The second-order valence-corrected chi connectivity index (χ2v) is 17.0. The number of fused-ring (bicyclic) bond motifs is 2. The number of amides is 2. The fourth-order valence-electron chi connectivity index (χ4n) is 6.72. The summed E-state index contributed by atoms with van der Waals surface area (Å²) in [7, 11) is 0. The summed E-state index contributed by atoms with van der Waals surface area (Å²) in [5, 5.41) is 13.2. The van der Waals surface area contributed by atoms with Crippen molar-refractivity contribution >= 4 is 80.7 Å². The summed E-state index contributed by atoms with van der Waals surface area (Å²) in [5.41, 5.74) is 2.85. The fraction of sp³-hybridized carbons (Fsp3) is 0.436. The van der Waals surface area contributed by atoms with Crippen LogP contribution in [0.2, 0.25) is 0 Å². The minimum Gasteiger partial charge on any atom is -0.490 e. The first-order chi connectivity index (χ1) is 24.9. The van der Waals surface area contributed by atoms with Gasteiger partial charge in [0.1, 0.15) is 24.7 Å². The van der Waals surface area contributed by atoms with Crippen molar-refractivity contribution in [3.8, 4) is 11.5 Å². The maximum atomic E-state index is 15.0. The van der Waals surface area contributed by atoms with Crippen LogP contribution in [0, 0.1) is 0 Å². The van der Waals surface area contributed by atoms with E-state index >= 15 is 4.79 Å². The Morgan fingerprint density at radius 3 is 2.11 bits per heavy atom. The Hall–Kier alpha value is -2.70. The van der Waals surface area contributed by atoms with E-state index in [1.54, 1.807) is 18.7 Å². The SMILES string of the molecule is CC(C)(OC(=O)N1C2CNCC1C(C(=O)N(Cc1ccccc1CCO)C1CC1)=C(c1ccc(OCCOc3ccc(Br)cc3)cc1)C2)C(Cl)(Cl)Cl.Cl. The molecule has 2 unspecified atom stereocenters. The molecule has 2 heterocycles. The van der Waals surface area contributed by atoms with E-state index < -0.39 is 21.5 Å². The standard InChI is InChI=1S/C39H43BrCl3N3O6.ClH/c1-38(2,39(41,42)43)52-37(49)46-30-21-33(26-7-13-31(14-8-26)50-19-20-51-32-15-9-28(40)10-16-32)35(34(46)23-44-22-30)36(48)45(29-11-12-29)24-27-6-4-3-5-25(27)17-18-47;/h3-10,13-16,29-30,34,44,47H,11-12,17-24H2,1-2H3;1H. The van der Waals surface area contributed by atoms with Crippen LogP contribution in [0.3, 0.4) is 0 Å². The molecule has 14 heteroatoms. The molecule has 2 atom stereocenters. The molecule has 0 spiro atoms. The van der Waals surface area contributed by atoms with Gasteiger partial charge in [0.2, 0.25) is 3.79 Å². The van der Waals surface area contributed by atoms with Crippen molar-refractivity contribution in [1.29, 1.82) is 0 Å². The molecule has 2 amide bonds. The Morgan fingerprint density at radius 1 is 0.925 bits per heavy atom. The molecule has 2 bridgehead atoms. The van der Waals surface area contributed by atoms with Crippen molar-refractivity contribution < 1.29 is 28.9 Å². The number of nitrogens with zero attached hydrogens (tertiary/aromatic N) is 2. The average Bonchev–Trinajstić information content (AvgIpc) is 3.95. The van der Waals surface area contributed by atoms with Crippen molar-refractivity contribution in [1.82, 2.24) is 15.1 Å². The number of nitrogens with one attached hydrogen (secondary N) is 1. The second-order valence-electron chi connectivity index (χ2n) is 13.8. The van der Waals surface area contributed by atoms with Gasteiger partial charge in [0.05, 0.1) is 12.1 Å². The Labute approximate surface area is 340 Å². The number of piperazine rings is 1.